The fourth-order valence-electron chi connectivity index (χ4n) is 2.88. The van der Waals surface area contributed by atoms with Crippen molar-refractivity contribution in [3.05, 3.63) is 47.5 Å². The molecular weight excluding hydrogens is 320 g/mol. The quantitative estimate of drug-likeness (QED) is 0.340. The van der Waals surface area contributed by atoms with Gasteiger partial charge in [-0.25, -0.2) is 10.8 Å². The molecular formula is C17H18N6O2. The minimum Gasteiger partial charge on any atom is -0.396 e. The molecule has 8 heteroatoms. The number of hydrogen-bond acceptors (Lipinski definition) is 7. The van der Waals surface area contributed by atoms with Crippen LogP contribution in [0.15, 0.2) is 36.4 Å². The smallest absolute Gasteiger partial charge is 0.249 e. The highest BCUT2D eigenvalue weighted by Gasteiger charge is 2.16. The van der Waals surface area contributed by atoms with Crippen LogP contribution in [0.25, 0.3) is 22.0 Å². The zero-order chi connectivity index (χ0) is 18.0. The van der Waals surface area contributed by atoms with E-state index in [-0.39, 0.29) is 12.6 Å². The number of amides is 1. The van der Waals surface area contributed by atoms with Crippen LogP contribution >= 0.6 is 0 Å². The number of nitrogens with two attached hydrogens (primary N) is 3. The third-order valence-corrected chi connectivity index (χ3v) is 3.94. The van der Waals surface area contributed by atoms with E-state index in [1.54, 1.807) is 18.2 Å². The molecule has 8 N–H and O–H groups in total. The largest absolute Gasteiger partial charge is 0.396 e. The second kappa shape index (κ2) is 6.71. The maximum absolute atomic E-state index is 12.0. The van der Waals surface area contributed by atoms with Gasteiger partial charge >= 0.3 is 0 Å². The van der Waals surface area contributed by atoms with Gasteiger partial charge in [0.2, 0.25) is 11.9 Å². The lowest BCUT2D eigenvalue weighted by Gasteiger charge is -2.13. The molecule has 0 spiro atoms. The summed E-state index contributed by atoms with van der Waals surface area (Å²) in [5, 5.41) is 9.88. The molecule has 0 saturated carbocycles. The number of rotatable bonds is 5. The molecule has 0 fully saturated rings. The Morgan fingerprint density at radius 3 is 2.68 bits per heavy atom. The van der Waals surface area contributed by atoms with Crippen LogP contribution in [0.2, 0.25) is 0 Å². The Bertz CT molecular complexity index is 957. The Morgan fingerprint density at radius 1 is 1.20 bits per heavy atom. The Hall–Kier alpha value is -3.23. The summed E-state index contributed by atoms with van der Waals surface area (Å²) in [6.07, 6.45) is 0.342. The van der Waals surface area contributed by atoms with E-state index in [1.165, 1.54) is 0 Å². The summed E-state index contributed by atoms with van der Waals surface area (Å²) < 4.78 is 0. The molecule has 0 aliphatic carbocycles. The number of nitrogen functional groups attached to an aromatic ring is 2. The van der Waals surface area contributed by atoms with Gasteiger partial charge in [-0.3, -0.25) is 4.79 Å². The first-order valence-corrected chi connectivity index (χ1v) is 7.62. The lowest BCUT2D eigenvalue weighted by atomic mass is 9.93. The summed E-state index contributed by atoms with van der Waals surface area (Å²) in [5.41, 5.74) is 16.9. The molecule has 128 valence electrons. The van der Waals surface area contributed by atoms with Crippen molar-refractivity contribution < 1.29 is 9.90 Å². The average molecular weight is 338 g/mol. The van der Waals surface area contributed by atoms with Crippen molar-refractivity contribution in [2.45, 2.75) is 6.42 Å². The van der Waals surface area contributed by atoms with Crippen molar-refractivity contribution in [3.63, 3.8) is 0 Å². The van der Waals surface area contributed by atoms with E-state index in [9.17, 15) is 9.90 Å². The Balaban J connectivity index is 2.25. The van der Waals surface area contributed by atoms with E-state index in [0.29, 0.717) is 39.8 Å². The number of aliphatic hydroxyl groups is 1. The van der Waals surface area contributed by atoms with Crippen molar-refractivity contribution >= 4 is 28.6 Å². The summed E-state index contributed by atoms with van der Waals surface area (Å²) in [7, 11) is 0. The number of primary amides is 1. The first-order chi connectivity index (χ1) is 12.0. The van der Waals surface area contributed by atoms with E-state index in [0.717, 1.165) is 5.56 Å². The van der Waals surface area contributed by atoms with Crippen LogP contribution in [0.1, 0.15) is 15.9 Å². The summed E-state index contributed by atoms with van der Waals surface area (Å²) >= 11 is 0. The van der Waals surface area contributed by atoms with Crippen molar-refractivity contribution in [1.82, 2.24) is 9.97 Å². The maximum atomic E-state index is 12.0. The van der Waals surface area contributed by atoms with E-state index in [4.69, 9.17) is 17.3 Å². The first kappa shape index (κ1) is 16.6. The van der Waals surface area contributed by atoms with Crippen LogP contribution < -0.4 is 22.7 Å². The fraction of sp³-hybridized carbons (Fsp3) is 0.118. The van der Waals surface area contributed by atoms with Crippen LogP contribution in [0.5, 0.6) is 0 Å². The average Bonchev–Trinajstić information content (AvgIpc) is 2.60. The van der Waals surface area contributed by atoms with Gasteiger partial charge < -0.3 is 22.0 Å². The zero-order valence-corrected chi connectivity index (χ0v) is 13.4. The summed E-state index contributed by atoms with van der Waals surface area (Å²) in [4.78, 5) is 20.2. The number of hydrazine groups is 1. The molecule has 3 rings (SSSR count). The van der Waals surface area contributed by atoms with Gasteiger partial charge in [0.1, 0.15) is 0 Å². The summed E-state index contributed by atoms with van der Waals surface area (Å²) in [6, 6.07) is 10.8. The predicted molar refractivity (Wildman–Crippen MR) is 96.5 cm³/mol. The molecule has 0 unspecified atom stereocenters. The molecule has 0 aliphatic rings. The van der Waals surface area contributed by atoms with Gasteiger partial charge in [-0.1, -0.05) is 24.3 Å². The van der Waals surface area contributed by atoms with Crippen LogP contribution in [0.4, 0.5) is 11.8 Å². The molecule has 25 heavy (non-hydrogen) atoms. The number of nitrogens with zero attached hydrogens (tertiary/aromatic N) is 2. The van der Waals surface area contributed by atoms with Crippen molar-refractivity contribution in [2.75, 3.05) is 17.8 Å². The van der Waals surface area contributed by atoms with Crippen LogP contribution in [-0.4, -0.2) is 27.6 Å². The third-order valence-electron chi connectivity index (χ3n) is 3.94. The number of carbonyl (C=O) groups excluding carboxylic acids is 1. The Morgan fingerprint density at radius 2 is 2.00 bits per heavy atom. The fourth-order valence-corrected chi connectivity index (χ4v) is 2.88. The molecule has 1 amide bonds. The normalized spacial score (nSPS) is 10.8. The third kappa shape index (κ3) is 3.08. The predicted octanol–water partition coefficient (Wildman–Crippen LogP) is 0.798. The lowest BCUT2D eigenvalue weighted by Crippen LogP contribution is -2.16. The Kier molecular flexibility index (Phi) is 4.46. The van der Waals surface area contributed by atoms with Crippen molar-refractivity contribution in [3.8, 4) is 11.1 Å². The number of nitrogens with one attached hydrogen (secondary N) is 1. The highest BCUT2D eigenvalue weighted by molar-refractivity contribution is 6.03. The molecule has 0 saturated heterocycles. The van der Waals surface area contributed by atoms with Gasteiger partial charge in [0, 0.05) is 12.0 Å². The van der Waals surface area contributed by atoms with Gasteiger partial charge in [-0.05, 0) is 35.2 Å². The number of aromatic nitrogens is 2. The van der Waals surface area contributed by atoms with Gasteiger partial charge in [0.15, 0.2) is 5.82 Å². The zero-order valence-electron chi connectivity index (χ0n) is 13.4. The molecule has 1 heterocycles. The number of carbonyl (C=O) groups is 1. The molecule has 2 aromatic carbocycles. The van der Waals surface area contributed by atoms with Crippen LogP contribution in [0.3, 0.4) is 0 Å². The van der Waals surface area contributed by atoms with E-state index in [1.807, 2.05) is 18.2 Å². The summed E-state index contributed by atoms with van der Waals surface area (Å²) in [5.74, 6) is 5.46. The molecule has 1 aromatic heterocycles. The molecule has 0 atom stereocenters. The summed E-state index contributed by atoms with van der Waals surface area (Å²) in [6.45, 7) is -0.0736. The van der Waals surface area contributed by atoms with Gasteiger partial charge in [0.05, 0.1) is 11.1 Å². The van der Waals surface area contributed by atoms with Crippen LogP contribution in [-0.2, 0) is 6.42 Å². The highest BCUT2D eigenvalue weighted by Crippen LogP contribution is 2.31. The molecule has 0 aliphatic heterocycles. The number of aliphatic hydroxyl groups excluding tert-OH is 1. The van der Waals surface area contributed by atoms with Crippen molar-refractivity contribution in [1.29, 1.82) is 0 Å². The van der Waals surface area contributed by atoms with E-state index >= 15 is 0 Å². The van der Waals surface area contributed by atoms with E-state index in [2.05, 4.69) is 15.4 Å². The molecule has 0 radical (unpaired) electrons. The molecule has 0 bridgehead atoms. The minimum absolute atomic E-state index is 0.0736. The topological polar surface area (TPSA) is 153 Å². The molecule has 8 nitrogen and oxygen atoms in total. The number of fused-ring (bicyclic) bond motifs is 1. The lowest BCUT2D eigenvalue weighted by molar-refractivity contribution is 0.1000. The Labute approximate surface area is 143 Å². The second-order valence-electron chi connectivity index (χ2n) is 5.48. The standard InChI is InChI=1S/C17H18N6O2/c18-15(25)14-9(6-7-24)2-1-3-11(14)10-4-5-13-12(8-10)16(23-20)22-17(19)21-13/h1-5,8,24H,6-7,20H2,(H2,18,25)(H3,19,21,22,23). The van der Waals surface area contributed by atoms with Gasteiger partial charge in [-0.2, -0.15) is 4.98 Å². The number of anilines is 2. The van der Waals surface area contributed by atoms with Crippen LogP contribution in [0, 0.1) is 0 Å². The number of benzene rings is 2. The molecule has 3 aromatic rings. The van der Waals surface area contributed by atoms with Gasteiger partial charge in [0.25, 0.3) is 0 Å². The first-order valence-electron chi connectivity index (χ1n) is 7.62. The monoisotopic (exact) mass is 338 g/mol. The number of hydrogen-bond donors (Lipinski definition) is 5. The second-order valence-corrected chi connectivity index (χ2v) is 5.48. The van der Waals surface area contributed by atoms with E-state index < -0.39 is 5.91 Å². The maximum Gasteiger partial charge on any atom is 0.249 e. The van der Waals surface area contributed by atoms with Gasteiger partial charge in [-0.15, -0.1) is 0 Å². The highest BCUT2D eigenvalue weighted by atomic mass is 16.3. The minimum atomic E-state index is -0.551. The van der Waals surface area contributed by atoms with Crippen molar-refractivity contribution in [2.24, 2.45) is 11.6 Å². The SMILES string of the molecule is NNc1nc(N)nc2ccc(-c3cccc(CCO)c3C(N)=O)cc12.